The Bertz CT molecular complexity index is 334. The molecule has 1 atom stereocenters. The predicted molar refractivity (Wildman–Crippen MR) is 62.2 cm³/mol. The van der Waals surface area contributed by atoms with E-state index in [1.807, 2.05) is 0 Å². The summed E-state index contributed by atoms with van der Waals surface area (Å²) in [6.07, 6.45) is 3.23. The Hall–Kier alpha value is -0.460. The zero-order valence-corrected chi connectivity index (χ0v) is 10.7. The van der Waals surface area contributed by atoms with Crippen molar-refractivity contribution in [3.05, 3.63) is 0 Å². The van der Waals surface area contributed by atoms with Crippen LogP contribution in [0.25, 0.3) is 0 Å². The molecule has 1 N–H and O–H groups in total. The Balaban J connectivity index is 2.60. The molecule has 0 aliphatic carbocycles. The lowest BCUT2D eigenvalue weighted by molar-refractivity contribution is -0.120. The number of nitrogens with zero attached hydrogens (tertiary/aromatic N) is 1. The lowest BCUT2D eigenvalue weighted by Crippen LogP contribution is -2.48. The highest BCUT2D eigenvalue weighted by molar-refractivity contribution is 7.87. The standard InChI is InChI=1S/C10H20N2O3S/c1-3-10(13)9(2)11-16(14,15)12-7-5-4-6-8-12/h9,11H,3-8H2,1-2H3. The van der Waals surface area contributed by atoms with Crippen LogP contribution in [0.4, 0.5) is 0 Å². The molecule has 1 aliphatic rings. The van der Waals surface area contributed by atoms with Crippen molar-refractivity contribution < 1.29 is 13.2 Å². The van der Waals surface area contributed by atoms with Gasteiger partial charge in [0, 0.05) is 19.5 Å². The first-order valence-corrected chi connectivity index (χ1v) is 7.21. The van der Waals surface area contributed by atoms with Gasteiger partial charge in [0.05, 0.1) is 6.04 Å². The molecule has 1 heterocycles. The largest absolute Gasteiger partial charge is 0.298 e. The fourth-order valence-electron chi connectivity index (χ4n) is 1.78. The molecule has 0 aromatic carbocycles. The van der Waals surface area contributed by atoms with Crippen LogP contribution in [0.3, 0.4) is 0 Å². The van der Waals surface area contributed by atoms with Crippen LogP contribution >= 0.6 is 0 Å². The fourth-order valence-corrected chi connectivity index (χ4v) is 3.24. The SMILES string of the molecule is CCC(=O)C(C)NS(=O)(=O)N1CCCCC1. The number of rotatable bonds is 5. The molecule has 6 heteroatoms. The average Bonchev–Trinajstić information content (AvgIpc) is 2.28. The minimum absolute atomic E-state index is 0.0828. The Morgan fingerprint density at radius 2 is 1.88 bits per heavy atom. The topological polar surface area (TPSA) is 66.5 Å². The number of hydrogen-bond acceptors (Lipinski definition) is 3. The van der Waals surface area contributed by atoms with Crippen molar-refractivity contribution in [1.82, 2.24) is 9.03 Å². The van der Waals surface area contributed by atoms with Gasteiger partial charge < -0.3 is 0 Å². The molecule has 1 fully saturated rings. The van der Waals surface area contributed by atoms with Crippen LogP contribution in [-0.2, 0) is 15.0 Å². The lowest BCUT2D eigenvalue weighted by Gasteiger charge is -2.27. The zero-order valence-electron chi connectivity index (χ0n) is 9.90. The molecule has 1 saturated heterocycles. The van der Waals surface area contributed by atoms with Gasteiger partial charge in [0.2, 0.25) is 0 Å². The highest BCUT2D eigenvalue weighted by Crippen LogP contribution is 2.12. The summed E-state index contributed by atoms with van der Waals surface area (Å²) in [7, 11) is -3.48. The summed E-state index contributed by atoms with van der Waals surface area (Å²) in [4.78, 5) is 11.3. The van der Waals surface area contributed by atoms with Crippen LogP contribution in [0.1, 0.15) is 39.5 Å². The molecule has 1 aliphatic heterocycles. The molecule has 5 nitrogen and oxygen atoms in total. The van der Waals surface area contributed by atoms with E-state index in [1.165, 1.54) is 4.31 Å². The Labute approximate surface area is 97.4 Å². The van der Waals surface area contributed by atoms with E-state index in [9.17, 15) is 13.2 Å². The molecule has 0 amide bonds. The van der Waals surface area contributed by atoms with Crippen molar-refractivity contribution in [2.75, 3.05) is 13.1 Å². The van der Waals surface area contributed by atoms with Crippen LogP contribution in [-0.4, -0.2) is 37.6 Å². The van der Waals surface area contributed by atoms with E-state index < -0.39 is 16.3 Å². The van der Waals surface area contributed by atoms with Gasteiger partial charge in [0.25, 0.3) is 10.2 Å². The summed E-state index contributed by atoms with van der Waals surface area (Å²) in [5.74, 6) is -0.0828. The first-order valence-electron chi connectivity index (χ1n) is 5.77. The second kappa shape index (κ2) is 5.75. The second-order valence-corrected chi connectivity index (χ2v) is 5.83. The minimum Gasteiger partial charge on any atom is -0.298 e. The summed E-state index contributed by atoms with van der Waals surface area (Å²) in [5, 5.41) is 0. The summed E-state index contributed by atoms with van der Waals surface area (Å²) in [6.45, 7) is 4.44. The Morgan fingerprint density at radius 3 is 2.38 bits per heavy atom. The summed E-state index contributed by atoms with van der Waals surface area (Å²) in [6, 6.07) is -0.628. The molecule has 0 bridgehead atoms. The van der Waals surface area contributed by atoms with Crippen LogP contribution in [0.2, 0.25) is 0 Å². The van der Waals surface area contributed by atoms with Gasteiger partial charge in [0.15, 0.2) is 0 Å². The number of carbonyl (C=O) groups excluding carboxylic acids is 1. The first-order chi connectivity index (χ1) is 7.47. The van der Waals surface area contributed by atoms with Gasteiger partial charge >= 0.3 is 0 Å². The van der Waals surface area contributed by atoms with Crippen LogP contribution in [0, 0.1) is 0 Å². The summed E-state index contributed by atoms with van der Waals surface area (Å²) < 4.78 is 27.6. The van der Waals surface area contributed by atoms with Crippen LogP contribution in [0.15, 0.2) is 0 Å². The van der Waals surface area contributed by atoms with E-state index in [4.69, 9.17) is 0 Å². The van der Waals surface area contributed by atoms with Crippen molar-refractivity contribution >= 4 is 16.0 Å². The fraction of sp³-hybridized carbons (Fsp3) is 0.900. The van der Waals surface area contributed by atoms with E-state index >= 15 is 0 Å². The van der Waals surface area contributed by atoms with Crippen molar-refractivity contribution in [3.63, 3.8) is 0 Å². The smallest absolute Gasteiger partial charge is 0.280 e. The molecule has 0 saturated carbocycles. The lowest BCUT2D eigenvalue weighted by atomic mass is 10.2. The molecular formula is C10H20N2O3S. The summed E-state index contributed by atoms with van der Waals surface area (Å²) in [5.41, 5.74) is 0. The van der Waals surface area contributed by atoms with E-state index in [-0.39, 0.29) is 5.78 Å². The van der Waals surface area contributed by atoms with Gasteiger partial charge in [-0.1, -0.05) is 13.3 Å². The number of hydrogen-bond donors (Lipinski definition) is 1. The molecule has 0 radical (unpaired) electrons. The number of Topliss-reactive ketones (excluding diaryl/α,β-unsaturated/α-hetero) is 1. The maximum absolute atomic E-state index is 11.9. The number of carbonyl (C=O) groups is 1. The normalized spacial score (nSPS) is 20.6. The third-order valence-electron chi connectivity index (χ3n) is 2.81. The van der Waals surface area contributed by atoms with E-state index in [0.717, 1.165) is 19.3 Å². The number of piperidine rings is 1. The molecule has 0 spiro atoms. The van der Waals surface area contributed by atoms with E-state index in [2.05, 4.69) is 4.72 Å². The second-order valence-electron chi connectivity index (χ2n) is 4.12. The van der Waals surface area contributed by atoms with Gasteiger partial charge in [-0.2, -0.15) is 17.4 Å². The highest BCUT2D eigenvalue weighted by Gasteiger charge is 2.26. The quantitative estimate of drug-likeness (QED) is 0.778. The van der Waals surface area contributed by atoms with Gasteiger partial charge in [-0.05, 0) is 19.8 Å². The molecule has 94 valence electrons. The van der Waals surface area contributed by atoms with Crippen molar-refractivity contribution in [3.8, 4) is 0 Å². The third kappa shape index (κ3) is 3.54. The van der Waals surface area contributed by atoms with Crippen molar-refractivity contribution in [2.24, 2.45) is 0 Å². The molecule has 1 unspecified atom stereocenters. The molecule has 16 heavy (non-hydrogen) atoms. The summed E-state index contributed by atoms with van der Waals surface area (Å²) >= 11 is 0. The Kier molecular flexibility index (Phi) is 4.89. The van der Waals surface area contributed by atoms with Gasteiger partial charge in [-0.15, -0.1) is 0 Å². The average molecular weight is 248 g/mol. The van der Waals surface area contributed by atoms with Gasteiger partial charge in [-0.25, -0.2) is 0 Å². The highest BCUT2D eigenvalue weighted by atomic mass is 32.2. The molecule has 0 aromatic heterocycles. The number of nitrogens with one attached hydrogen (secondary N) is 1. The monoisotopic (exact) mass is 248 g/mol. The molecular weight excluding hydrogens is 228 g/mol. The van der Waals surface area contributed by atoms with Gasteiger partial charge in [-0.3, -0.25) is 4.79 Å². The number of ketones is 1. The molecule has 1 rings (SSSR count). The first kappa shape index (κ1) is 13.6. The predicted octanol–water partition coefficient (Wildman–Crippen LogP) is 0.674. The maximum atomic E-state index is 11.9. The maximum Gasteiger partial charge on any atom is 0.280 e. The van der Waals surface area contributed by atoms with Crippen molar-refractivity contribution in [2.45, 2.75) is 45.6 Å². The minimum atomic E-state index is -3.48. The zero-order chi connectivity index (χ0) is 12.2. The molecule has 0 aromatic rings. The van der Waals surface area contributed by atoms with E-state index in [1.54, 1.807) is 13.8 Å². The van der Waals surface area contributed by atoms with Crippen LogP contribution < -0.4 is 4.72 Å². The van der Waals surface area contributed by atoms with E-state index in [0.29, 0.717) is 19.5 Å². The van der Waals surface area contributed by atoms with Crippen molar-refractivity contribution in [1.29, 1.82) is 0 Å². The Morgan fingerprint density at radius 1 is 1.31 bits per heavy atom. The van der Waals surface area contributed by atoms with Gasteiger partial charge in [0.1, 0.15) is 5.78 Å². The van der Waals surface area contributed by atoms with Crippen LogP contribution in [0.5, 0.6) is 0 Å². The third-order valence-corrected chi connectivity index (χ3v) is 4.51.